The zero-order valence-corrected chi connectivity index (χ0v) is 6.16. The van der Waals surface area contributed by atoms with Crippen LogP contribution in [0.5, 0.6) is 0 Å². The van der Waals surface area contributed by atoms with Gasteiger partial charge in [-0.15, -0.1) is 0 Å². The van der Waals surface area contributed by atoms with E-state index in [1.54, 1.807) is 0 Å². The summed E-state index contributed by atoms with van der Waals surface area (Å²) in [6.07, 6.45) is -8.07. The summed E-state index contributed by atoms with van der Waals surface area (Å²) in [5, 5.41) is 8.22. The molecule has 1 aliphatic rings. The van der Waals surface area contributed by atoms with E-state index >= 15 is 0 Å². The largest absolute Gasteiger partial charge is 0.481 e. The first-order valence-electron chi connectivity index (χ1n) is 3.29. The number of carboxylic acids is 1. The SMILES string of the molecule is O=C(O)C1(CC(F)(F)F)CC1(F)F. The Kier molecular flexibility index (Phi) is 1.83. The predicted molar refractivity (Wildman–Crippen MR) is 30.3 cm³/mol. The Morgan fingerprint density at radius 1 is 1.38 bits per heavy atom. The Morgan fingerprint density at radius 2 is 1.77 bits per heavy atom. The molecule has 0 aliphatic heterocycles. The molecule has 1 N–H and O–H groups in total. The molecule has 1 aliphatic carbocycles. The lowest BCUT2D eigenvalue weighted by molar-refractivity contribution is -0.175. The van der Waals surface area contributed by atoms with Crippen LogP contribution < -0.4 is 0 Å². The van der Waals surface area contributed by atoms with Crippen molar-refractivity contribution in [3.8, 4) is 0 Å². The van der Waals surface area contributed by atoms with Gasteiger partial charge in [-0.3, -0.25) is 4.79 Å². The van der Waals surface area contributed by atoms with Crippen molar-refractivity contribution in [3.05, 3.63) is 0 Å². The van der Waals surface area contributed by atoms with Crippen LogP contribution in [0.4, 0.5) is 22.0 Å². The molecule has 0 aromatic carbocycles. The Balaban J connectivity index is 2.81. The number of halogens is 5. The van der Waals surface area contributed by atoms with E-state index in [-0.39, 0.29) is 0 Å². The van der Waals surface area contributed by atoms with Crippen LogP contribution in [0, 0.1) is 5.41 Å². The maximum Gasteiger partial charge on any atom is 0.390 e. The van der Waals surface area contributed by atoms with E-state index in [0.717, 1.165) is 0 Å². The zero-order chi connectivity index (χ0) is 10.5. The van der Waals surface area contributed by atoms with E-state index in [4.69, 9.17) is 5.11 Å². The van der Waals surface area contributed by atoms with Crippen LogP contribution in [0.25, 0.3) is 0 Å². The average Bonchev–Trinajstić information content (AvgIpc) is 2.30. The summed E-state index contributed by atoms with van der Waals surface area (Å²) in [6, 6.07) is 0. The number of aliphatic carboxylic acids is 1. The fourth-order valence-electron chi connectivity index (χ4n) is 1.18. The molecule has 0 aromatic rings. The molecule has 76 valence electrons. The van der Waals surface area contributed by atoms with Crippen molar-refractivity contribution in [2.75, 3.05) is 0 Å². The maximum atomic E-state index is 12.4. The van der Waals surface area contributed by atoms with Gasteiger partial charge in [-0.2, -0.15) is 13.2 Å². The highest BCUT2D eigenvalue weighted by Crippen LogP contribution is 2.64. The maximum absolute atomic E-state index is 12.4. The first kappa shape index (κ1) is 10.2. The van der Waals surface area contributed by atoms with Crippen molar-refractivity contribution in [1.82, 2.24) is 0 Å². The van der Waals surface area contributed by atoms with Gasteiger partial charge in [-0.05, 0) is 0 Å². The Morgan fingerprint density at radius 3 is 1.85 bits per heavy atom. The standard InChI is InChI=1S/C6H5F5O2/c7-5(8)1-4(5,3(12)13)2-6(9,10)11/h1-2H2,(H,12,13). The number of hydrogen-bond acceptors (Lipinski definition) is 1. The van der Waals surface area contributed by atoms with Gasteiger partial charge < -0.3 is 5.11 Å². The van der Waals surface area contributed by atoms with Gasteiger partial charge in [0.2, 0.25) is 0 Å². The molecule has 0 saturated heterocycles. The minimum Gasteiger partial charge on any atom is -0.481 e. The highest BCUT2D eigenvalue weighted by Gasteiger charge is 2.78. The topological polar surface area (TPSA) is 37.3 Å². The normalized spacial score (nSPS) is 31.5. The van der Waals surface area contributed by atoms with E-state index in [0.29, 0.717) is 0 Å². The predicted octanol–water partition coefficient (Wildman–Crippen LogP) is 2.05. The van der Waals surface area contributed by atoms with Crippen LogP contribution in [-0.4, -0.2) is 23.2 Å². The van der Waals surface area contributed by atoms with Crippen LogP contribution in [0.15, 0.2) is 0 Å². The summed E-state index contributed by atoms with van der Waals surface area (Å²) in [4.78, 5) is 10.2. The molecule has 0 bridgehead atoms. The molecule has 1 fully saturated rings. The zero-order valence-electron chi connectivity index (χ0n) is 6.16. The highest BCUT2D eigenvalue weighted by atomic mass is 19.4. The summed E-state index contributed by atoms with van der Waals surface area (Å²) in [6.45, 7) is 0. The third-order valence-electron chi connectivity index (χ3n) is 2.01. The molecule has 0 aromatic heterocycles. The van der Waals surface area contributed by atoms with E-state index in [2.05, 4.69) is 0 Å². The molecule has 0 spiro atoms. The first-order valence-corrected chi connectivity index (χ1v) is 3.29. The molecule has 13 heavy (non-hydrogen) atoms. The van der Waals surface area contributed by atoms with Crippen molar-refractivity contribution < 1.29 is 31.9 Å². The average molecular weight is 204 g/mol. The lowest BCUT2D eigenvalue weighted by atomic mass is 10.0. The van der Waals surface area contributed by atoms with Crippen molar-refractivity contribution in [2.24, 2.45) is 5.41 Å². The van der Waals surface area contributed by atoms with Gasteiger partial charge in [0.15, 0.2) is 0 Å². The Bertz CT molecular complexity index is 246. The molecule has 0 heterocycles. The van der Waals surface area contributed by atoms with Crippen LogP contribution in [-0.2, 0) is 4.79 Å². The van der Waals surface area contributed by atoms with Crippen LogP contribution >= 0.6 is 0 Å². The van der Waals surface area contributed by atoms with Crippen LogP contribution in [0.2, 0.25) is 0 Å². The summed E-state index contributed by atoms with van der Waals surface area (Å²) >= 11 is 0. The van der Waals surface area contributed by atoms with E-state index in [1.165, 1.54) is 0 Å². The Hall–Kier alpha value is -0.880. The number of hydrogen-bond donors (Lipinski definition) is 1. The second-order valence-electron chi connectivity index (χ2n) is 3.06. The fourth-order valence-corrected chi connectivity index (χ4v) is 1.18. The minimum absolute atomic E-state index is 1.23. The van der Waals surface area contributed by atoms with E-state index < -0.39 is 36.3 Å². The van der Waals surface area contributed by atoms with E-state index in [1.807, 2.05) is 0 Å². The summed E-state index contributed by atoms with van der Waals surface area (Å²) in [7, 11) is 0. The van der Waals surface area contributed by atoms with Crippen molar-refractivity contribution >= 4 is 5.97 Å². The van der Waals surface area contributed by atoms with Gasteiger partial charge in [0.25, 0.3) is 5.92 Å². The number of carbonyl (C=O) groups is 1. The van der Waals surface area contributed by atoms with Gasteiger partial charge >= 0.3 is 12.1 Å². The smallest absolute Gasteiger partial charge is 0.390 e. The number of carboxylic acid groups (broad SMARTS) is 1. The van der Waals surface area contributed by atoms with Gasteiger partial charge in [-0.25, -0.2) is 8.78 Å². The molecule has 7 heteroatoms. The minimum atomic E-state index is -4.88. The molecule has 2 nitrogen and oxygen atoms in total. The second kappa shape index (κ2) is 2.33. The third kappa shape index (κ3) is 1.59. The lowest BCUT2D eigenvalue weighted by Crippen LogP contribution is -2.28. The molecule has 1 atom stereocenters. The molecule has 0 amide bonds. The van der Waals surface area contributed by atoms with Crippen LogP contribution in [0.3, 0.4) is 0 Å². The molecular formula is C6H5F5O2. The van der Waals surface area contributed by atoms with Crippen molar-refractivity contribution in [3.63, 3.8) is 0 Å². The van der Waals surface area contributed by atoms with Gasteiger partial charge in [0.1, 0.15) is 5.41 Å². The van der Waals surface area contributed by atoms with Crippen molar-refractivity contribution in [1.29, 1.82) is 0 Å². The summed E-state index contributed by atoms with van der Waals surface area (Å²) < 4.78 is 59.8. The molecule has 1 rings (SSSR count). The first-order chi connectivity index (χ1) is 5.61. The molecule has 0 radical (unpaired) electrons. The fraction of sp³-hybridized carbons (Fsp3) is 0.833. The quantitative estimate of drug-likeness (QED) is 0.699. The van der Waals surface area contributed by atoms with Gasteiger partial charge in [0.05, 0.1) is 6.42 Å². The van der Waals surface area contributed by atoms with Crippen molar-refractivity contribution in [2.45, 2.75) is 24.9 Å². The number of alkyl halides is 5. The summed E-state index contributed by atoms with van der Waals surface area (Å²) in [5.74, 6) is -5.82. The molecule has 1 unspecified atom stereocenters. The monoisotopic (exact) mass is 204 g/mol. The van der Waals surface area contributed by atoms with Gasteiger partial charge in [0, 0.05) is 6.42 Å². The third-order valence-corrected chi connectivity index (χ3v) is 2.01. The van der Waals surface area contributed by atoms with E-state index in [9.17, 15) is 26.7 Å². The Labute approximate surface area is 69.3 Å². The molecule has 1 saturated carbocycles. The highest BCUT2D eigenvalue weighted by molar-refractivity contribution is 5.80. The molecular weight excluding hydrogens is 199 g/mol. The second-order valence-corrected chi connectivity index (χ2v) is 3.06. The lowest BCUT2D eigenvalue weighted by Gasteiger charge is -2.13. The summed E-state index contributed by atoms with van der Waals surface area (Å²) in [5.41, 5.74) is -2.91. The number of rotatable bonds is 2. The van der Waals surface area contributed by atoms with Crippen LogP contribution in [0.1, 0.15) is 12.8 Å². The van der Waals surface area contributed by atoms with Gasteiger partial charge in [-0.1, -0.05) is 0 Å².